The number of rotatable bonds is 2. The normalized spacial score (nSPS) is 7.58. The van der Waals surface area contributed by atoms with E-state index >= 15 is 0 Å². The number of carboxylic acid groups (broad SMARTS) is 1. The predicted molar refractivity (Wildman–Crippen MR) is 54.4 cm³/mol. The molecule has 0 spiro atoms. The molecule has 0 aliphatic carbocycles. The average molecular weight is 176 g/mol. The topological polar surface area (TPSA) is 37.3 Å². The second-order valence-electron chi connectivity index (χ2n) is 2.70. The van der Waals surface area contributed by atoms with Crippen LogP contribution in [0.4, 0.5) is 0 Å². The van der Waals surface area contributed by atoms with Crippen molar-refractivity contribution in [3.63, 3.8) is 0 Å². The number of hydrogen-bond acceptors (Lipinski definition) is 1. The highest BCUT2D eigenvalue weighted by atomic mass is 16.4. The molecule has 2 nitrogen and oxygen atoms in total. The first-order valence-corrected chi connectivity index (χ1v) is 4.70. The van der Waals surface area contributed by atoms with Gasteiger partial charge in [-0.1, -0.05) is 47.5 Å². The Morgan fingerprint density at radius 3 is 1.58 bits per heavy atom. The van der Waals surface area contributed by atoms with Crippen LogP contribution in [-0.4, -0.2) is 11.1 Å². The third-order valence-electron chi connectivity index (χ3n) is 0.866. The van der Waals surface area contributed by atoms with Crippen LogP contribution in [0.15, 0.2) is 0 Å². The lowest BCUT2D eigenvalue weighted by molar-refractivity contribution is -0.134. The van der Waals surface area contributed by atoms with Gasteiger partial charge in [0.2, 0.25) is 0 Å². The summed E-state index contributed by atoms with van der Waals surface area (Å²) in [4.78, 5) is 9.00. The van der Waals surface area contributed by atoms with Gasteiger partial charge in [-0.25, -0.2) is 0 Å². The van der Waals surface area contributed by atoms with E-state index in [0.717, 1.165) is 12.8 Å². The second-order valence-corrected chi connectivity index (χ2v) is 2.70. The van der Waals surface area contributed by atoms with E-state index in [9.17, 15) is 0 Å². The van der Waals surface area contributed by atoms with E-state index < -0.39 is 5.97 Å². The Bertz CT molecular complexity index is 73.9. The lowest BCUT2D eigenvalue weighted by atomic mass is 10.1. The van der Waals surface area contributed by atoms with Gasteiger partial charge < -0.3 is 5.11 Å². The molecule has 0 rings (SSSR count). The Kier molecular flexibility index (Phi) is 24.6. The first kappa shape index (κ1) is 17.5. The molecule has 0 unspecified atom stereocenters. The molecule has 0 atom stereocenters. The van der Waals surface area contributed by atoms with Crippen LogP contribution in [0, 0.1) is 5.92 Å². The molecule has 1 N–H and O–H groups in total. The van der Waals surface area contributed by atoms with Crippen molar-refractivity contribution in [1.29, 1.82) is 0 Å². The largest absolute Gasteiger partial charge is 0.481 e. The molecular formula is C10H24O2. The Balaban J connectivity index is -0.000000118. The Morgan fingerprint density at radius 2 is 1.58 bits per heavy atom. The zero-order valence-electron chi connectivity index (χ0n) is 9.35. The second kappa shape index (κ2) is 16.8. The third kappa shape index (κ3) is 111. The maximum atomic E-state index is 9.00. The highest BCUT2D eigenvalue weighted by Crippen LogP contribution is 2.00. The molecule has 0 saturated carbocycles. The molecule has 0 fully saturated rings. The molecule has 0 aromatic carbocycles. The maximum absolute atomic E-state index is 9.00. The quantitative estimate of drug-likeness (QED) is 0.698. The molecule has 0 aliphatic heterocycles. The fraction of sp³-hybridized carbons (Fsp3) is 0.900. The molecular weight excluding hydrogens is 152 g/mol. The van der Waals surface area contributed by atoms with Gasteiger partial charge in [0.05, 0.1) is 0 Å². The minimum absolute atomic E-state index is 0.833. The van der Waals surface area contributed by atoms with Crippen molar-refractivity contribution in [2.24, 2.45) is 5.92 Å². The number of carbonyl (C=O) groups is 1. The first-order valence-electron chi connectivity index (χ1n) is 4.70. The number of aliphatic carboxylic acids is 1. The summed E-state index contributed by atoms with van der Waals surface area (Å²) in [5.74, 6) is 0.0648. The predicted octanol–water partition coefficient (Wildman–Crippen LogP) is 3.56. The molecule has 0 bridgehead atoms. The van der Waals surface area contributed by atoms with Gasteiger partial charge in [-0.05, 0) is 5.92 Å². The summed E-state index contributed by atoms with van der Waals surface area (Å²) in [6, 6.07) is 0. The molecule has 0 amide bonds. The molecule has 12 heavy (non-hydrogen) atoms. The van der Waals surface area contributed by atoms with E-state index in [1.807, 2.05) is 13.8 Å². The lowest BCUT2D eigenvalue weighted by Gasteiger charge is -1.95. The highest BCUT2D eigenvalue weighted by molar-refractivity contribution is 5.62. The summed E-state index contributed by atoms with van der Waals surface area (Å²) in [6.07, 6.45) is 2.71. The Labute approximate surface area is 77.0 Å². The van der Waals surface area contributed by atoms with Crippen LogP contribution in [0.3, 0.4) is 0 Å². The van der Waals surface area contributed by atoms with E-state index in [2.05, 4.69) is 20.8 Å². The SMILES string of the molecule is CC.CC(=O)O.CCCC(C)C. The lowest BCUT2D eigenvalue weighted by Crippen LogP contribution is -1.81. The molecule has 0 aliphatic rings. The molecule has 76 valence electrons. The highest BCUT2D eigenvalue weighted by Gasteiger charge is 1.85. The molecule has 0 aromatic heterocycles. The Morgan fingerprint density at radius 1 is 1.33 bits per heavy atom. The van der Waals surface area contributed by atoms with Gasteiger partial charge >= 0.3 is 0 Å². The first-order chi connectivity index (χ1) is 5.50. The van der Waals surface area contributed by atoms with Crippen molar-refractivity contribution in [2.45, 2.75) is 54.4 Å². The van der Waals surface area contributed by atoms with Crippen molar-refractivity contribution in [2.75, 3.05) is 0 Å². The zero-order chi connectivity index (χ0) is 10.6. The van der Waals surface area contributed by atoms with Crippen molar-refractivity contribution >= 4 is 5.97 Å². The van der Waals surface area contributed by atoms with Gasteiger partial charge in [-0.3, -0.25) is 4.79 Å². The monoisotopic (exact) mass is 176 g/mol. The van der Waals surface area contributed by atoms with E-state index in [-0.39, 0.29) is 0 Å². The minimum atomic E-state index is -0.833. The third-order valence-corrected chi connectivity index (χ3v) is 0.866. The van der Waals surface area contributed by atoms with Crippen LogP contribution in [0.1, 0.15) is 54.4 Å². The summed E-state index contributed by atoms with van der Waals surface area (Å²) in [5.41, 5.74) is 0. The average Bonchev–Trinajstić information content (AvgIpc) is 1.90. The van der Waals surface area contributed by atoms with Crippen LogP contribution >= 0.6 is 0 Å². The van der Waals surface area contributed by atoms with Gasteiger partial charge in [0.15, 0.2) is 0 Å². The fourth-order valence-electron chi connectivity index (χ4n) is 0.577. The standard InChI is InChI=1S/C6H14.C2H4O2.C2H6/c1-4-5-6(2)3;1-2(3)4;1-2/h6H,4-5H2,1-3H3;1H3,(H,3,4);1-2H3. The molecule has 0 heterocycles. The van der Waals surface area contributed by atoms with Crippen LogP contribution < -0.4 is 0 Å². The van der Waals surface area contributed by atoms with Gasteiger partial charge in [0, 0.05) is 6.92 Å². The Hall–Kier alpha value is -0.530. The number of hydrogen-bond donors (Lipinski definition) is 1. The van der Waals surface area contributed by atoms with Gasteiger partial charge in [-0.2, -0.15) is 0 Å². The van der Waals surface area contributed by atoms with Crippen molar-refractivity contribution < 1.29 is 9.90 Å². The molecule has 2 heteroatoms. The molecule has 0 radical (unpaired) electrons. The van der Waals surface area contributed by atoms with Crippen LogP contribution in [0.25, 0.3) is 0 Å². The van der Waals surface area contributed by atoms with Crippen molar-refractivity contribution in [3.05, 3.63) is 0 Å². The smallest absolute Gasteiger partial charge is 0.300 e. The summed E-state index contributed by atoms with van der Waals surface area (Å²) < 4.78 is 0. The van der Waals surface area contributed by atoms with E-state index in [1.165, 1.54) is 12.8 Å². The molecule has 0 aromatic rings. The van der Waals surface area contributed by atoms with Crippen LogP contribution in [0.2, 0.25) is 0 Å². The number of carboxylic acids is 1. The van der Waals surface area contributed by atoms with E-state index in [4.69, 9.17) is 9.90 Å². The van der Waals surface area contributed by atoms with Crippen LogP contribution in [0.5, 0.6) is 0 Å². The van der Waals surface area contributed by atoms with Gasteiger partial charge in [-0.15, -0.1) is 0 Å². The summed E-state index contributed by atoms with van der Waals surface area (Å²) >= 11 is 0. The maximum Gasteiger partial charge on any atom is 0.300 e. The van der Waals surface area contributed by atoms with E-state index in [1.54, 1.807) is 0 Å². The van der Waals surface area contributed by atoms with Crippen molar-refractivity contribution in [3.8, 4) is 0 Å². The molecule has 0 saturated heterocycles. The zero-order valence-corrected chi connectivity index (χ0v) is 9.35. The fourth-order valence-corrected chi connectivity index (χ4v) is 0.577. The van der Waals surface area contributed by atoms with E-state index in [0.29, 0.717) is 0 Å². The summed E-state index contributed by atoms with van der Waals surface area (Å²) in [6.45, 7) is 11.8. The minimum Gasteiger partial charge on any atom is -0.481 e. The van der Waals surface area contributed by atoms with Crippen LogP contribution in [-0.2, 0) is 4.79 Å². The van der Waals surface area contributed by atoms with Gasteiger partial charge in [0.25, 0.3) is 5.97 Å². The van der Waals surface area contributed by atoms with Crippen molar-refractivity contribution in [1.82, 2.24) is 0 Å². The van der Waals surface area contributed by atoms with Gasteiger partial charge in [0.1, 0.15) is 0 Å². The summed E-state index contributed by atoms with van der Waals surface area (Å²) in [7, 11) is 0. The summed E-state index contributed by atoms with van der Waals surface area (Å²) in [5, 5.41) is 7.42.